The largest absolute Gasteiger partial charge is 0.503 e. The van der Waals surface area contributed by atoms with Crippen LogP contribution in [0.4, 0.5) is 4.79 Å². The van der Waals surface area contributed by atoms with Crippen LogP contribution in [0.15, 0.2) is 63.3 Å². The maximum atomic E-state index is 8.56. The van der Waals surface area contributed by atoms with Crippen LogP contribution in [-0.4, -0.2) is 16.4 Å². The molecule has 0 aromatic carbocycles. The molecule has 0 spiro atoms. The van der Waals surface area contributed by atoms with Crippen LogP contribution >= 0.6 is 0 Å². The fourth-order valence-electron chi connectivity index (χ4n) is 0. The Kier molecular flexibility index (Phi) is 190. The van der Waals surface area contributed by atoms with E-state index in [4.69, 9.17) is 15.0 Å². The van der Waals surface area contributed by atoms with Crippen molar-refractivity contribution in [2.24, 2.45) is 0 Å². The second-order valence-corrected chi connectivity index (χ2v) is 2.32. The number of rotatable bonds is 0. The van der Waals surface area contributed by atoms with Gasteiger partial charge in [0.25, 0.3) is 0 Å². The summed E-state index contributed by atoms with van der Waals surface area (Å²) in [5.74, 6) is 0. The predicted octanol–water partition coefficient (Wildman–Crippen LogP) is 6.18. The van der Waals surface area contributed by atoms with Gasteiger partial charge in [-0.15, -0.1) is 32.9 Å². The Morgan fingerprint density at radius 2 is 0.632 bits per heavy atom. The van der Waals surface area contributed by atoms with Gasteiger partial charge in [0, 0.05) is 0 Å². The van der Waals surface area contributed by atoms with Gasteiger partial charge in [0.1, 0.15) is 0 Å². The first-order valence-corrected chi connectivity index (χ1v) is 5.58. The Bertz CT molecular complexity index is 144. The monoisotopic (exact) mass is 272 g/mol. The van der Waals surface area contributed by atoms with Crippen LogP contribution in [0.25, 0.3) is 0 Å². The summed E-state index contributed by atoms with van der Waals surface area (Å²) in [7, 11) is 0. The van der Waals surface area contributed by atoms with E-state index in [2.05, 4.69) is 32.9 Å². The fraction of sp³-hybridized carbons (Fsp3) is 0.312. The molecule has 0 heterocycles. The van der Waals surface area contributed by atoms with Gasteiger partial charge in [-0.25, -0.2) is 4.79 Å². The van der Waals surface area contributed by atoms with Gasteiger partial charge >= 0.3 is 6.16 Å². The molecule has 2 N–H and O–H groups in total. The summed E-state index contributed by atoms with van der Waals surface area (Å²) in [6.45, 7) is 26.2. The third-order valence-electron chi connectivity index (χ3n) is 0. The Morgan fingerprint density at radius 3 is 0.632 bits per heavy atom. The van der Waals surface area contributed by atoms with Gasteiger partial charge in [0.15, 0.2) is 0 Å². The number of hydrogen-bond acceptors (Lipinski definition) is 1. The van der Waals surface area contributed by atoms with Crippen molar-refractivity contribution in [1.29, 1.82) is 0 Å². The highest BCUT2D eigenvalue weighted by Crippen LogP contribution is 1.43. The van der Waals surface area contributed by atoms with Crippen molar-refractivity contribution < 1.29 is 15.0 Å². The third kappa shape index (κ3) is 756. The standard InChI is InChI=1S/5C3H6.CH2O3/c5*1-3-2;2-1(3)4/h5*3H,1H2,2H3;(H2,2,3,4). The highest BCUT2D eigenvalue weighted by Gasteiger charge is 1.70. The molecule has 0 fully saturated rings. The fourth-order valence-corrected chi connectivity index (χ4v) is 0. The topological polar surface area (TPSA) is 57.5 Å². The van der Waals surface area contributed by atoms with Crippen LogP contribution in [0.3, 0.4) is 0 Å². The van der Waals surface area contributed by atoms with E-state index in [9.17, 15) is 0 Å². The molecule has 0 radical (unpaired) electrons. The molecule has 0 amide bonds. The SMILES string of the molecule is C=CC.C=CC.C=CC.C=CC.C=CC.O=C(O)O. The first-order chi connectivity index (χ1) is 8.80. The Balaban J connectivity index is -0.0000000268. The number of hydrogen-bond donors (Lipinski definition) is 2. The minimum atomic E-state index is -1.83. The minimum Gasteiger partial charge on any atom is -0.450 e. The molecule has 0 aliphatic rings. The second-order valence-electron chi connectivity index (χ2n) is 2.32. The molecule has 0 aliphatic carbocycles. The van der Waals surface area contributed by atoms with Crippen LogP contribution in [0.1, 0.15) is 34.6 Å². The molecule has 0 atom stereocenters. The quantitative estimate of drug-likeness (QED) is 0.517. The molecule has 0 saturated carbocycles. The molecule has 114 valence electrons. The lowest BCUT2D eigenvalue weighted by Gasteiger charge is -1.60. The lowest BCUT2D eigenvalue weighted by molar-refractivity contribution is 0.137. The van der Waals surface area contributed by atoms with Crippen LogP contribution in [-0.2, 0) is 0 Å². The minimum absolute atomic E-state index is 1.75. The van der Waals surface area contributed by atoms with Gasteiger partial charge in [-0.1, -0.05) is 30.4 Å². The van der Waals surface area contributed by atoms with Crippen molar-refractivity contribution in [2.75, 3.05) is 0 Å². The van der Waals surface area contributed by atoms with E-state index in [1.54, 1.807) is 30.4 Å². The molecule has 0 aromatic rings. The van der Waals surface area contributed by atoms with Crippen molar-refractivity contribution in [3.05, 3.63) is 63.3 Å². The molecular weight excluding hydrogens is 240 g/mol. The summed E-state index contributed by atoms with van der Waals surface area (Å²) in [5.41, 5.74) is 0. The van der Waals surface area contributed by atoms with Gasteiger partial charge < -0.3 is 10.2 Å². The maximum absolute atomic E-state index is 8.56. The van der Waals surface area contributed by atoms with Crippen molar-refractivity contribution in [3.8, 4) is 0 Å². The average Bonchev–Trinajstić information content (AvgIpc) is 2.21. The Hall–Kier alpha value is -2.03. The molecule has 0 unspecified atom stereocenters. The molecule has 3 heteroatoms. The van der Waals surface area contributed by atoms with Crippen LogP contribution < -0.4 is 0 Å². The molecule has 0 aliphatic heterocycles. The van der Waals surface area contributed by atoms with Crippen molar-refractivity contribution >= 4 is 6.16 Å². The van der Waals surface area contributed by atoms with Crippen molar-refractivity contribution in [3.63, 3.8) is 0 Å². The van der Waals surface area contributed by atoms with Gasteiger partial charge in [-0.3, -0.25) is 0 Å². The summed E-state index contributed by atoms with van der Waals surface area (Å²) < 4.78 is 0. The molecule has 0 bridgehead atoms. The van der Waals surface area contributed by atoms with E-state index in [0.29, 0.717) is 0 Å². The summed E-state index contributed by atoms with van der Waals surface area (Å²) in [4.78, 5) is 8.56. The van der Waals surface area contributed by atoms with Gasteiger partial charge in [-0.05, 0) is 34.6 Å². The van der Waals surface area contributed by atoms with E-state index in [1.807, 2.05) is 34.6 Å². The van der Waals surface area contributed by atoms with E-state index in [0.717, 1.165) is 0 Å². The van der Waals surface area contributed by atoms with E-state index >= 15 is 0 Å². The van der Waals surface area contributed by atoms with Gasteiger partial charge in [-0.2, -0.15) is 0 Å². The Morgan fingerprint density at radius 1 is 0.632 bits per heavy atom. The van der Waals surface area contributed by atoms with Gasteiger partial charge in [0.2, 0.25) is 0 Å². The summed E-state index contributed by atoms with van der Waals surface area (Å²) in [5, 5.41) is 13.9. The van der Waals surface area contributed by atoms with Crippen LogP contribution in [0.2, 0.25) is 0 Å². The zero-order valence-electron chi connectivity index (χ0n) is 13.2. The van der Waals surface area contributed by atoms with Crippen molar-refractivity contribution in [1.82, 2.24) is 0 Å². The molecule has 0 saturated heterocycles. The van der Waals surface area contributed by atoms with E-state index in [-0.39, 0.29) is 0 Å². The number of carboxylic acid groups (broad SMARTS) is 2. The summed E-state index contributed by atoms with van der Waals surface area (Å²) >= 11 is 0. The number of carbonyl (C=O) groups is 1. The van der Waals surface area contributed by atoms with E-state index in [1.165, 1.54) is 0 Å². The number of allylic oxidation sites excluding steroid dienone is 5. The second kappa shape index (κ2) is 100. The molecule has 0 rings (SSSR count). The van der Waals surface area contributed by atoms with E-state index < -0.39 is 6.16 Å². The lowest BCUT2D eigenvalue weighted by atomic mass is 10.8. The zero-order chi connectivity index (χ0) is 17.1. The molecule has 19 heavy (non-hydrogen) atoms. The molecule has 0 aromatic heterocycles. The zero-order valence-corrected chi connectivity index (χ0v) is 13.2. The smallest absolute Gasteiger partial charge is 0.450 e. The molecule has 3 nitrogen and oxygen atoms in total. The first-order valence-electron chi connectivity index (χ1n) is 5.58. The summed E-state index contributed by atoms with van der Waals surface area (Å²) in [6.07, 6.45) is 6.92. The highest BCUT2D eigenvalue weighted by atomic mass is 16.6. The molecular formula is C16H32O3. The average molecular weight is 272 g/mol. The normalized spacial score (nSPS) is 4.68. The third-order valence-corrected chi connectivity index (χ3v) is 0. The Labute approximate surface area is 120 Å². The van der Waals surface area contributed by atoms with Crippen LogP contribution in [0.5, 0.6) is 0 Å². The van der Waals surface area contributed by atoms with Crippen molar-refractivity contribution in [2.45, 2.75) is 34.6 Å². The van der Waals surface area contributed by atoms with Gasteiger partial charge in [0.05, 0.1) is 0 Å². The summed E-state index contributed by atoms with van der Waals surface area (Å²) in [6, 6.07) is 0. The first kappa shape index (κ1) is 36.0. The lowest BCUT2D eigenvalue weighted by Crippen LogP contribution is -1.81. The predicted molar refractivity (Wildman–Crippen MR) is 90.0 cm³/mol. The van der Waals surface area contributed by atoms with Crippen LogP contribution in [0, 0.1) is 0 Å². The maximum Gasteiger partial charge on any atom is 0.503 e. The highest BCUT2D eigenvalue weighted by molar-refractivity contribution is 5.53.